The lowest BCUT2D eigenvalue weighted by molar-refractivity contribution is 1.11. The molecule has 0 bridgehead atoms. The minimum absolute atomic E-state index is 0.768. The van der Waals surface area contributed by atoms with Gasteiger partial charge < -0.3 is 5.43 Å². The van der Waals surface area contributed by atoms with Gasteiger partial charge in [0.1, 0.15) is 0 Å². The highest BCUT2D eigenvalue weighted by Crippen LogP contribution is 2.21. The fourth-order valence-electron chi connectivity index (χ4n) is 1.24. The van der Waals surface area contributed by atoms with E-state index < -0.39 is 0 Å². The average Bonchev–Trinajstić information content (AvgIpc) is 2.38. The largest absolute Gasteiger partial charge is 0.324 e. The first-order valence-electron chi connectivity index (χ1n) is 4.94. The van der Waals surface area contributed by atoms with E-state index in [4.69, 9.17) is 5.84 Å². The van der Waals surface area contributed by atoms with Gasteiger partial charge in [0.2, 0.25) is 0 Å². The molecule has 2 aromatic heterocycles. The molecule has 17 heavy (non-hydrogen) atoms. The summed E-state index contributed by atoms with van der Waals surface area (Å²) in [5.74, 6) is 6.11. The summed E-state index contributed by atoms with van der Waals surface area (Å²) in [6.45, 7) is 0. The third kappa shape index (κ3) is 3.69. The van der Waals surface area contributed by atoms with Crippen molar-refractivity contribution >= 4 is 33.4 Å². The Bertz CT molecular complexity index is 489. The van der Waals surface area contributed by atoms with E-state index in [1.54, 1.807) is 24.2 Å². The molecule has 0 aromatic carbocycles. The quantitative estimate of drug-likeness (QED) is 0.516. The van der Waals surface area contributed by atoms with Gasteiger partial charge in [-0.2, -0.15) is 0 Å². The standard InChI is InChI=1S/C11H11BrN4S/c12-8-1-2-11(15-6-8)17-7-10-5-9(16-13)3-4-14-10/h1-6H,7,13H2,(H,14,16). The van der Waals surface area contributed by atoms with Gasteiger partial charge in [0.15, 0.2) is 0 Å². The summed E-state index contributed by atoms with van der Waals surface area (Å²) < 4.78 is 0.981. The van der Waals surface area contributed by atoms with Crippen molar-refractivity contribution in [3.63, 3.8) is 0 Å². The van der Waals surface area contributed by atoms with Crippen LogP contribution in [-0.2, 0) is 5.75 Å². The van der Waals surface area contributed by atoms with Crippen LogP contribution in [0.25, 0.3) is 0 Å². The Morgan fingerprint density at radius 1 is 1.29 bits per heavy atom. The zero-order chi connectivity index (χ0) is 12.1. The molecule has 3 N–H and O–H groups in total. The van der Waals surface area contributed by atoms with E-state index >= 15 is 0 Å². The number of nitrogens with two attached hydrogens (primary N) is 1. The van der Waals surface area contributed by atoms with Crippen molar-refractivity contribution in [3.8, 4) is 0 Å². The average molecular weight is 311 g/mol. The first-order chi connectivity index (χ1) is 8.28. The molecule has 2 rings (SSSR count). The summed E-state index contributed by atoms with van der Waals surface area (Å²) in [7, 11) is 0. The first-order valence-corrected chi connectivity index (χ1v) is 6.71. The number of nitrogens with one attached hydrogen (secondary N) is 1. The predicted octanol–water partition coefficient (Wildman–Crippen LogP) is 2.82. The van der Waals surface area contributed by atoms with E-state index in [0.29, 0.717) is 0 Å². The van der Waals surface area contributed by atoms with E-state index in [1.807, 2.05) is 24.3 Å². The summed E-state index contributed by atoms with van der Waals surface area (Å²) in [5, 5.41) is 0.973. The maximum Gasteiger partial charge on any atom is 0.0964 e. The summed E-state index contributed by atoms with van der Waals surface area (Å²) in [6.07, 6.45) is 3.52. The van der Waals surface area contributed by atoms with Crippen molar-refractivity contribution < 1.29 is 0 Å². The second kappa shape index (κ2) is 6.00. The molecule has 0 spiro atoms. The summed E-state index contributed by atoms with van der Waals surface area (Å²) in [4.78, 5) is 8.55. The number of pyridine rings is 2. The number of rotatable bonds is 4. The molecule has 0 aliphatic heterocycles. The molecule has 4 nitrogen and oxygen atoms in total. The monoisotopic (exact) mass is 310 g/mol. The lowest BCUT2D eigenvalue weighted by Gasteiger charge is -2.03. The molecule has 88 valence electrons. The fraction of sp³-hybridized carbons (Fsp3) is 0.0909. The maximum absolute atomic E-state index is 5.34. The van der Waals surface area contributed by atoms with Crippen LogP contribution in [0.3, 0.4) is 0 Å². The molecule has 0 fully saturated rings. The normalized spacial score (nSPS) is 10.2. The Morgan fingerprint density at radius 3 is 2.88 bits per heavy atom. The zero-order valence-corrected chi connectivity index (χ0v) is 11.3. The third-order valence-corrected chi connectivity index (χ3v) is 3.50. The minimum atomic E-state index is 0.768. The maximum atomic E-state index is 5.34. The molecule has 2 heterocycles. The van der Waals surface area contributed by atoms with Crippen LogP contribution in [0.15, 0.2) is 46.2 Å². The van der Waals surface area contributed by atoms with E-state index in [-0.39, 0.29) is 0 Å². The molecule has 6 heteroatoms. The Morgan fingerprint density at radius 2 is 2.18 bits per heavy atom. The lowest BCUT2D eigenvalue weighted by atomic mass is 10.3. The number of nitrogen functional groups attached to an aromatic ring is 1. The molecule has 0 saturated heterocycles. The minimum Gasteiger partial charge on any atom is -0.324 e. The van der Waals surface area contributed by atoms with Gasteiger partial charge >= 0.3 is 0 Å². The molecule has 0 radical (unpaired) electrons. The molecule has 0 aliphatic carbocycles. The number of hydrogen-bond acceptors (Lipinski definition) is 5. The number of anilines is 1. The van der Waals surface area contributed by atoms with Crippen LogP contribution in [0.4, 0.5) is 5.69 Å². The van der Waals surface area contributed by atoms with Crippen LogP contribution >= 0.6 is 27.7 Å². The van der Waals surface area contributed by atoms with Crippen LogP contribution in [0, 0.1) is 0 Å². The number of hydrogen-bond donors (Lipinski definition) is 2. The molecule has 0 unspecified atom stereocenters. The van der Waals surface area contributed by atoms with Crippen LogP contribution in [0.2, 0.25) is 0 Å². The van der Waals surface area contributed by atoms with E-state index in [2.05, 4.69) is 31.3 Å². The molecule has 2 aromatic rings. The highest BCUT2D eigenvalue weighted by molar-refractivity contribution is 9.10. The lowest BCUT2D eigenvalue weighted by Crippen LogP contribution is -2.07. The summed E-state index contributed by atoms with van der Waals surface area (Å²) >= 11 is 4.99. The number of halogens is 1. The molecule has 0 atom stereocenters. The molecule has 0 amide bonds. The number of aromatic nitrogens is 2. The summed E-state index contributed by atoms with van der Waals surface area (Å²) in [6, 6.07) is 7.69. The van der Waals surface area contributed by atoms with Crippen LogP contribution in [0.5, 0.6) is 0 Å². The van der Waals surface area contributed by atoms with E-state index in [0.717, 1.165) is 26.6 Å². The van der Waals surface area contributed by atoms with Crippen molar-refractivity contribution in [1.29, 1.82) is 0 Å². The molecular formula is C11H11BrN4S. The van der Waals surface area contributed by atoms with Gasteiger partial charge in [0.05, 0.1) is 16.4 Å². The summed E-state index contributed by atoms with van der Waals surface area (Å²) in [5.41, 5.74) is 4.43. The van der Waals surface area contributed by atoms with Gasteiger partial charge in [-0.05, 0) is 40.2 Å². The molecule has 0 saturated carbocycles. The highest BCUT2D eigenvalue weighted by Gasteiger charge is 2.00. The van der Waals surface area contributed by atoms with Gasteiger partial charge in [-0.1, -0.05) is 0 Å². The highest BCUT2D eigenvalue weighted by atomic mass is 79.9. The second-order valence-electron chi connectivity index (χ2n) is 3.28. The molecular weight excluding hydrogens is 300 g/mol. The van der Waals surface area contributed by atoms with Gasteiger partial charge in [0, 0.05) is 22.6 Å². The Hall–Kier alpha value is -1.11. The predicted molar refractivity (Wildman–Crippen MR) is 73.5 cm³/mol. The first kappa shape index (κ1) is 12.3. The van der Waals surface area contributed by atoms with E-state index in [9.17, 15) is 0 Å². The van der Waals surface area contributed by atoms with Crippen molar-refractivity contribution in [3.05, 3.63) is 46.8 Å². The van der Waals surface area contributed by atoms with Crippen molar-refractivity contribution in [1.82, 2.24) is 9.97 Å². The van der Waals surface area contributed by atoms with Gasteiger partial charge in [-0.3, -0.25) is 10.8 Å². The van der Waals surface area contributed by atoms with Crippen molar-refractivity contribution in [2.45, 2.75) is 10.8 Å². The Balaban J connectivity index is 1.99. The van der Waals surface area contributed by atoms with Crippen molar-refractivity contribution in [2.24, 2.45) is 5.84 Å². The van der Waals surface area contributed by atoms with Crippen LogP contribution in [0.1, 0.15) is 5.69 Å². The SMILES string of the molecule is NNc1ccnc(CSc2ccc(Br)cn2)c1. The topological polar surface area (TPSA) is 63.8 Å². The smallest absolute Gasteiger partial charge is 0.0964 e. The third-order valence-electron chi connectivity index (χ3n) is 2.05. The zero-order valence-electron chi connectivity index (χ0n) is 8.93. The van der Waals surface area contributed by atoms with Gasteiger partial charge in [-0.15, -0.1) is 11.8 Å². The second-order valence-corrected chi connectivity index (χ2v) is 5.19. The van der Waals surface area contributed by atoms with Gasteiger partial charge in [-0.25, -0.2) is 4.98 Å². The number of hydrazine groups is 1. The molecule has 0 aliphatic rings. The van der Waals surface area contributed by atoms with Gasteiger partial charge in [0.25, 0.3) is 0 Å². The van der Waals surface area contributed by atoms with Crippen LogP contribution in [-0.4, -0.2) is 9.97 Å². The van der Waals surface area contributed by atoms with Crippen molar-refractivity contribution in [2.75, 3.05) is 5.43 Å². The fourth-order valence-corrected chi connectivity index (χ4v) is 2.22. The Kier molecular flexibility index (Phi) is 4.36. The Labute approximate surface area is 112 Å². The van der Waals surface area contributed by atoms with Crippen LogP contribution < -0.4 is 11.3 Å². The number of thioether (sulfide) groups is 1. The van der Waals surface area contributed by atoms with E-state index in [1.165, 1.54) is 0 Å². The number of nitrogens with zero attached hydrogens (tertiary/aromatic N) is 2.